The summed E-state index contributed by atoms with van der Waals surface area (Å²) in [6, 6.07) is 10.7. The predicted octanol–water partition coefficient (Wildman–Crippen LogP) is 6.52. The molecule has 2 N–H and O–H groups in total. The van der Waals surface area contributed by atoms with Crippen LogP contribution in [0, 0.1) is 0 Å². The Hall–Kier alpha value is -3.00. The summed E-state index contributed by atoms with van der Waals surface area (Å²) >= 11 is 0.491. The van der Waals surface area contributed by atoms with Gasteiger partial charge in [-0.25, -0.2) is 18.4 Å². The topological polar surface area (TPSA) is 84.0 Å². The van der Waals surface area contributed by atoms with Crippen molar-refractivity contribution in [3.63, 3.8) is 0 Å². The van der Waals surface area contributed by atoms with Crippen molar-refractivity contribution in [3.8, 4) is 0 Å². The molecule has 2 aromatic carbocycles. The Balaban J connectivity index is 1.83. The van der Waals surface area contributed by atoms with Crippen LogP contribution in [0.5, 0.6) is 0 Å². The second kappa shape index (κ2) is 10.9. The number of halogens is 6. The van der Waals surface area contributed by atoms with Crippen LogP contribution in [0.3, 0.4) is 0 Å². The fourth-order valence-electron chi connectivity index (χ4n) is 2.97. The maximum Gasteiger partial charge on any atom is 0.398 e. The first-order valence-electron chi connectivity index (χ1n) is 10.3. The van der Waals surface area contributed by atoms with Gasteiger partial charge in [0.25, 0.3) is 0 Å². The average molecular weight is 551 g/mol. The van der Waals surface area contributed by atoms with Gasteiger partial charge in [0.2, 0.25) is 0 Å². The highest BCUT2D eigenvalue weighted by Gasteiger charge is 2.28. The zero-order valence-electron chi connectivity index (χ0n) is 18.6. The number of nitrogens with zero attached hydrogens (tertiary/aromatic N) is 2. The van der Waals surface area contributed by atoms with Gasteiger partial charge in [0.15, 0.2) is 9.84 Å². The number of benzene rings is 2. The van der Waals surface area contributed by atoms with Crippen molar-refractivity contribution in [1.82, 2.24) is 9.97 Å². The van der Waals surface area contributed by atoms with Crippen molar-refractivity contribution < 1.29 is 34.8 Å². The van der Waals surface area contributed by atoms with E-state index in [9.17, 15) is 34.8 Å². The number of thioether (sulfide) groups is 1. The van der Waals surface area contributed by atoms with E-state index in [2.05, 4.69) is 20.6 Å². The lowest BCUT2D eigenvalue weighted by atomic mass is 10.1. The molecule has 1 heterocycles. The van der Waals surface area contributed by atoms with Crippen LogP contribution in [0.2, 0.25) is 0 Å². The third kappa shape index (κ3) is 8.29. The van der Waals surface area contributed by atoms with Gasteiger partial charge in [0, 0.05) is 16.6 Å². The SMILES string of the molecule is CCS(=O)(=O)c1ccc(SCC(F)(F)F)c(Nc2cc(Nc3ccc(CC(F)(F)F)cc3)ncn2)c1. The van der Waals surface area contributed by atoms with Crippen LogP contribution >= 0.6 is 11.8 Å². The quantitative estimate of drug-likeness (QED) is 0.232. The van der Waals surface area contributed by atoms with Crippen LogP contribution in [0.4, 0.5) is 49.4 Å². The van der Waals surface area contributed by atoms with E-state index >= 15 is 0 Å². The highest BCUT2D eigenvalue weighted by atomic mass is 32.2. The third-order valence-corrected chi connectivity index (χ3v) is 7.51. The second-order valence-electron chi connectivity index (χ2n) is 7.49. The second-order valence-corrected chi connectivity index (χ2v) is 10.8. The van der Waals surface area contributed by atoms with Crippen molar-refractivity contribution in [3.05, 3.63) is 60.4 Å². The molecule has 0 bridgehead atoms. The molecular weight excluding hydrogens is 530 g/mol. The van der Waals surface area contributed by atoms with Crippen molar-refractivity contribution in [2.45, 2.75) is 35.5 Å². The molecular formula is C22H20F6N4O2S2. The highest BCUT2D eigenvalue weighted by molar-refractivity contribution is 7.99. The molecule has 14 heteroatoms. The van der Waals surface area contributed by atoms with E-state index in [1.807, 2.05) is 0 Å². The molecule has 36 heavy (non-hydrogen) atoms. The van der Waals surface area contributed by atoms with Gasteiger partial charge in [-0.05, 0) is 35.9 Å². The number of sulfone groups is 1. The molecule has 0 fully saturated rings. The van der Waals surface area contributed by atoms with Gasteiger partial charge in [0.05, 0.1) is 28.5 Å². The number of hydrogen-bond donors (Lipinski definition) is 2. The van der Waals surface area contributed by atoms with E-state index in [4.69, 9.17) is 0 Å². The number of rotatable bonds is 9. The smallest absolute Gasteiger partial charge is 0.340 e. The van der Waals surface area contributed by atoms with Gasteiger partial charge in [-0.15, -0.1) is 11.8 Å². The van der Waals surface area contributed by atoms with E-state index < -0.39 is 34.4 Å². The zero-order chi connectivity index (χ0) is 26.6. The van der Waals surface area contributed by atoms with Crippen molar-refractivity contribution in [2.24, 2.45) is 0 Å². The van der Waals surface area contributed by atoms with Gasteiger partial charge in [-0.2, -0.15) is 26.3 Å². The normalized spacial score (nSPS) is 12.4. The Morgan fingerprint density at radius 3 is 2.08 bits per heavy atom. The van der Waals surface area contributed by atoms with E-state index in [0.29, 0.717) is 17.4 Å². The average Bonchev–Trinajstić information content (AvgIpc) is 2.78. The molecule has 3 rings (SSSR count). The van der Waals surface area contributed by atoms with Crippen LogP contribution in [-0.4, -0.2) is 42.2 Å². The largest absolute Gasteiger partial charge is 0.398 e. The summed E-state index contributed by atoms with van der Waals surface area (Å²) in [6.45, 7) is 1.45. The molecule has 0 aliphatic carbocycles. The Bertz CT molecular complexity index is 1300. The molecule has 0 atom stereocenters. The Morgan fingerprint density at radius 1 is 0.861 bits per heavy atom. The minimum absolute atomic E-state index is 0.0600. The molecule has 0 unspecified atom stereocenters. The molecule has 6 nitrogen and oxygen atoms in total. The van der Waals surface area contributed by atoms with E-state index in [1.165, 1.54) is 55.5 Å². The molecule has 0 aliphatic heterocycles. The third-order valence-electron chi connectivity index (χ3n) is 4.64. The van der Waals surface area contributed by atoms with E-state index in [-0.39, 0.29) is 38.4 Å². The summed E-state index contributed by atoms with van der Waals surface area (Å²) < 4.78 is 100. The lowest BCUT2D eigenvalue weighted by molar-refractivity contribution is -0.127. The maximum absolute atomic E-state index is 12.8. The summed E-state index contributed by atoms with van der Waals surface area (Å²) in [6.07, 6.45) is -8.65. The lowest BCUT2D eigenvalue weighted by Gasteiger charge is -2.15. The standard InChI is InChI=1S/C22H20F6N4O2S2/c1-2-36(33,34)16-7-8-18(35-12-22(26,27)28)17(9-16)32-20-10-19(29-13-30-20)31-15-5-3-14(4-6-15)11-21(23,24)25/h3-10,13H,2,11-12H2,1H3,(H2,29,30,31,32). The zero-order valence-corrected chi connectivity index (χ0v) is 20.2. The van der Waals surface area contributed by atoms with E-state index in [1.54, 1.807) is 0 Å². The van der Waals surface area contributed by atoms with Crippen LogP contribution < -0.4 is 10.6 Å². The van der Waals surface area contributed by atoms with Crippen LogP contribution in [0.25, 0.3) is 0 Å². The number of aromatic nitrogens is 2. The van der Waals surface area contributed by atoms with Crippen LogP contribution in [-0.2, 0) is 16.3 Å². The Morgan fingerprint density at radius 2 is 1.50 bits per heavy atom. The Kier molecular flexibility index (Phi) is 8.39. The van der Waals surface area contributed by atoms with Crippen molar-refractivity contribution >= 4 is 44.6 Å². The molecule has 0 saturated carbocycles. The number of hydrogen-bond acceptors (Lipinski definition) is 7. The molecule has 0 spiro atoms. The van der Waals surface area contributed by atoms with Gasteiger partial charge in [-0.3, -0.25) is 0 Å². The van der Waals surface area contributed by atoms with Gasteiger partial charge in [0.1, 0.15) is 18.0 Å². The summed E-state index contributed by atoms with van der Waals surface area (Å²) in [7, 11) is -3.62. The van der Waals surface area contributed by atoms with Gasteiger partial charge < -0.3 is 10.6 Å². The number of nitrogens with one attached hydrogen (secondary N) is 2. The fraction of sp³-hybridized carbons (Fsp3) is 0.273. The number of alkyl halides is 6. The molecule has 0 amide bonds. The van der Waals surface area contributed by atoms with E-state index in [0.717, 1.165) is 6.33 Å². The lowest BCUT2D eigenvalue weighted by Crippen LogP contribution is -2.11. The van der Waals surface area contributed by atoms with Crippen molar-refractivity contribution in [2.75, 3.05) is 22.1 Å². The number of anilines is 4. The monoisotopic (exact) mass is 550 g/mol. The first kappa shape index (κ1) is 27.6. The minimum Gasteiger partial charge on any atom is -0.340 e. The predicted molar refractivity (Wildman–Crippen MR) is 126 cm³/mol. The molecule has 3 aromatic rings. The van der Waals surface area contributed by atoms with Crippen molar-refractivity contribution in [1.29, 1.82) is 0 Å². The molecule has 0 saturated heterocycles. The molecule has 1 aromatic heterocycles. The summed E-state index contributed by atoms with van der Waals surface area (Å²) in [4.78, 5) is 8.15. The van der Waals surface area contributed by atoms with Gasteiger partial charge >= 0.3 is 12.4 Å². The van der Waals surface area contributed by atoms with Crippen LogP contribution in [0.15, 0.2) is 64.6 Å². The Labute approximate surface area is 207 Å². The highest BCUT2D eigenvalue weighted by Crippen LogP contribution is 2.35. The molecule has 194 valence electrons. The first-order chi connectivity index (χ1) is 16.7. The minimum atomic E-state index is -4.43. The maximum atomic E-state index is 12.8. The van der Waals surface area contributed by atoms with Crippen LogP contribution in [0.1, 0.15) is 12.5 Å². The molecule has 0 aliphatic rings. The van der Waals surface area contributed by atoms with Gasteiger partial charge in [-0.1, -0.05) is 19.1 Å². The molecule has 0 radical (unpaired) electrons. The first-order valence-corrected chi connectivity index (χ1v) is 13.0. The summed E-state index contributed by atoms with van der Waals surface area (Å²) in [5, 5.41) is 5.74. The fourth-order valence-corrected chi connectivity index (χ4v) is 4.62. The summed E-state index contributed by atoms with van der Waals surface area (Å²) in [5.41, 5.74) is 0.645. The summed E-state index contributed by atoms with van der Waals surface area (Å²) in [5.74, 6) is -0.966.